The van der Waals surface area contributed by atoms with E-state index >= 15 is 0 Å². The monoisotopic (exact) mass is 464 g/mol. The van der Waals surface area contributed by atoms with Gasteiger partial charge >= 0.3 is 0 Å². The molecule has 0 fully saturated rings. The first kappa shape index (κ1) is 23.9. The van der Waals surface area contributed by atoms with Crippen LogP contribution in [0.25, 0.3) is 11.1 Å². The third kappa shape index (κ3) is 3.78. The van der Waals surface area contributed by atoms with E-state index in [0.29, 0.717) is 10.6 Å². The molecule has 0 saturated carbocycles. The Morgan fingerprint density at radius 1 is 0.758 bits per heavy atom. The Hall–Kier alpha value is -2.29. The number of hydrogen-bond donors (Lipinski definition) is 1. The van der Waals surface area contributed by atoms with Crippen LogP contribution in [0.2, 0.25) is 0 Å². The average molecular weight is 465 g/mol. The van der Waals surface area contributed by atoms with Crippen molar-refractivity contribution in [2.45, 2.75) is 66.5 Å². The summed E-state index contributed by atoms with van der Waals surface area (Å²) in [4.78, 5) is 16.1. The Bertz CT molecular complexity index is 1130. The van der Waals surface area contributed by atoms with Gasteiger partial charge in [0, 0.05) is 46.2 Å². The van der Waals surface area contributed by atoms with Crippen molar-refractivity contribution >= 4 is 40.5 Å². The largest absolute Gasteiger partial charge is 0.363 e. The Morgan fingerprint density at radius 2 is 1.12 bits per heavy atom. The van der Waals surface area contributed by atoms with Gasteiger partial charge in [0.1, 0.15) is 0 Å². The van der Waals surface area contributed by atoms with Gasteiger partial charge in [-0.25, -0.2) is 0 Å². The molecule has 0 amide bonds. The molecular weight excluding hydrogens is 427 g/mol. The Labute approximate surface area is 199 Å². The van der Waals surface area contributed by atoms with Gasteiger partial charge in [-0.1, -0.05) is 24.3 Å². The van der Waals surface area contributed by atoms with E-state index in [1.807, 2.05) is 36.4 Å². The van der Waals surface area contributed by atoms with Gasteiger partial charge in [-0.3, -0.25) is 4.57 Å². The van der Waals surface area contributed by atoms with Crippen LogP contribution in [0.15, 0.2) is 48.6 Å². The molecule has 2 aliphatic heterocycles. The Morgan fingerprint density at radius 3 is 1.45 bits per heavy atom. The predicted molar refractivity (Wildman–Crippen MR) is 143 cm³/mol. The summed E-state index contributed by atoms with van der Waals surface area (Å²) >= 11 is 0. The topological polar surface area (TPSA) is 43.8 Å². The molecule has 0 saturated heterocycles. The summed E-state index contributed by atoms with van der Waals surface area (Å²) < 4.78 is 14.0. The minimum atomic E-state index is -3.78. The lowest BCUT2D eigenvalue weighted by molar-refractivity contribution is 0.500. The average Bonchev–Trinajstić information content (AvgIpc) is 2.72. The fourth-order valence-electron chi connectivity index (χ4n) is 5.83. The minimum Gasteiger partial charge on any atom is -0.363 e. The number of rotatable bonds is 4. The quantitative estimate of drug-likeness (QED) is 0.568. The number of hydrogen-bond acceptors (Lipinski definition) is 3. The van der Waals surface area contributed by atoms with E-state index in [1.165, 1.54) is 11.1 Å². The summed E-state index contributed by atoms with van der Waals surface area (Å²) in [6.45, 7) is 18.9. The molecule has 0 atom stereocenters. The maximum atomic E-state index is 14.0. The van der Waals surface area contributed by atoms with Crippen LogP contribution >= 0.6 is 7.37 Å². The van der Waals surface area contributed by atoms with E-state index in [4.69, 9.17) is 0 Å². The molecule has 0 spiro atoms. The molecule has 5 heteroatoms. The van der Waals surface area contributed by atoms with Crippen molar-refractivity contribution in [1.29, 1.82) is 0 Å². The number of benzene rings is 2. The van der Waals surface area contributed by atoms with E-state index in [-0.39, 0.29) is 11.1 Å². The van der Waals surface area contributed by atoms with Crippen LogP contribution in [-0.4, -0.2) is 29.1 Å². The molecule has 0 bridgehead atoms. The number of anilines is 2. The van der Waals surface area contributed by atoms with Crippen LogP contribution in [0.4, 0.5) is 11.4 Å². The normalized spacial score (nSPS) is 18.9. The Balaban J connectivity index is 1.84. The van der Waals surface area contributed by atoms with Crippen molar-refractivity contribution in [2.24, 2.45) is 0 Å². The van der Waals surface area contributed by atoms with E-state index < -0.39 is 7.37 Å². The van der Waals surface area contributed by atoms with Crippen LogP contribution in [0.1, 0.15) is 66.5 Å². The molecule has 176 valence electrons. The molecule has 2 aromatic carbocycles. The molecule has 4 rings (SSSR count). The minimum absolute atomic E-state index is 0.146. The number of likely N-dealkylation sites (N-methyl/N-ethyl adjacent to an activating group) is 2. The molecular formula is C28H37N2O2P. The smallest absolute Gasteiger partial charge is 0.258 e. The molecule has 0 aliphatic carbocycles. The van der Waals surface area contributed by atoms with Crippen molar-refractivity contribution in [3.05, 3.63) is 59.7 Å². The van der Waals surface area contributed by atoms with Gasteiger partial charge in [-0.05, 0) is 90.8 Å². The van der Waals surface area contributed by atoms with Gasteiger partial charge in [0.15, 0.2) is 0 Å². The summed E-state index contributed by atoms with van der Waals surface area (Å²) in [5.41, 5.74) is 6.44. The maximum Gasteiger partial charge on any atom is 0.258 e. The van der Waals surface area contributed by atoms with Crippen LogP contribution in [0.3, 0.4) is 0 Å². The zero-order chi connectivity index (χ0) is 24.3. The van der Waals surface area contributed by atoms with Crippen LogP contribution in [0.5, 0.6) is 0 Å². The van der Waals surface area contributed by atoms with Crippen molar-refractivity contribution in [2.75, 3.05) is 22.9 Å². The van der Waals surface area contributed by atoms with Crippen LogP contribution in [-0.2, 0) is 4.57 Å². The lowest BCUT2D eigenvalue weighted by Crippen LogP contribution is -2.45. The summed E-state index contributed by atoms with van der Waals surface area (Å²) in [7, 11) is -3.78. The summed E-state index contributed by atoms with van der Waals surface area (Å²) in [6, 6.07) is 11.5. The van der Waals surface area contributed by atoms with Crippen LogP contribution in [0, 0.1) is 0 Å². The fraction of sp³-hybridized carbons (Fsp3) is 0.429. The number of nitrogens with zero attached hydrogens (tertiary/aromatic N) is 2. The SMILES string of the molecule is CCN1c2cc(P(=O)(O)c3ccc4c(c3)N(CC)C(C)(C)C=C4C)ccc2C(C)=CC1(C)C. The van der Waals surface area contributed by atoms with Crippen molar-refractivity contribution in [1.82, 2.24) is 0 Å². The predicted octanol–water partition coefficient (Wildman–Crippen LogP) is 5.95. The second-order valence-corrected chi connectivity index (χ2v) is 12.6. The third-order valence-corrected chi connectivity index (χ3v) is 9.21. The molecule has 0 aromatic heterocycles. The molecule has 0 radical (unpaired) electrons. The second kappa shape index (κ2) is 7.89. The highest BCUT2D eigenvalue weighted by molar-refractivity contribution is 7.73. The molecule has 2 aliphatic rings. The molecule has 2 aromatic rings. The van der Waals surface area contributed by atoms with Crippen LogP contribution < -0.4 is 20.4 Å². The van der Waals surface area contributed by atoms with Gasteiger partial charge in [0.25, 0.3) is 7.37 Å². The number of fused-ring (bicyclic) bond motifs is 2. The second-order valence-electron chi connectivity index (χ2n) is 10.4. The lowest BCUT2D eigenvalue weighted by atomic mass is 9.89. The first-order chi connectivity index (χ1) is 15.3. The highest BCUT2D eigenvalue weighted by atomic mass is 31.2. The van der Waals surface area contributed by atoms with E-state index in [9.17, 15) is 9.46 Å². The van der Waals surface area contributed by atoms with Crippen molar-refractivity contribution in [3.63, 3.8) is 0 Å². The van der Waals surface area contributed by atoms with Gasteiger partial charge in [0.2, 0.25) is 0 Å². The number of allylic oxidation sites excluding steroid dienone is 2. The van der Waals surface area contributed by atoms with E-state index in [0.717, 1.165) is 35.6 Å². The zero-order valence-corrected chi connectivity index (χ0v) is 22.1. The molecule has 2 heterocycles. The Kier molecular flexibility index (Phi) is 5.70. The third-order valence-electron chi connectivity index (χ3n) is 7.26. The van der Waals surface area contributed by atoms with E-state index in [2.05, 4.69) is 77.3 Å². The van der Waals surface area contributed by atoms with Gasteiger partial charge in [-0.2, -0.15) is 0 Å². The first-order valence-electron chi connectivity index (χ1n) is 11.9. The first-order valence-corrected chi connectivity index (χ1v) is 13.6. The maximum absolute atomic E-state index is 14.0. The summed E-state index contributed by atoms with van der Waals surface area (Å²) in [5, 5.41) is 0.964. The summed E-state index contributed by atoms with van der Waals surface area (Å²) in [5.74, 6) is 0. The van der Waals surface area contributed by atoms with Gasteiger partial charge in [-0.15, -0.1) is 0 Å². The molecule has 0 unspecified atom stereocenters. The van der Waals surface area contributed by atoms with Gasteiger partial charge in [0.05, 0.1) is 11.1 Å². The fourth-order valence-corrected chi connectivity index (χ4v) is 7.27. The highest BCUT2D eigenvalue weighted by Gasteiger charge is 2.35. The molecule has 4 nitrogen and oxygen atoms in total. The summed E-state index contributed by atoms with van der Waals surface area (Å²) in [6.07, 6.45) is 4.55. The van der Waals surface area contributed by atoms with Crippen molar-refractivity contribution < 1.29 is 9.46 Å². The lowest BCUT2D eigenvalue weighted by Gasteiger charge is -2.43. The van der Waals surface area contributed by atoms with E-state index in [1.54, 1.807) is 0 Å². The van der Waals surface area contributed by atoms with Gasteiger partial charge < -0.3 is 14.7 Å². The molecule has 33 heavy (non-hydrogen) atoms. The highest BCUT2D eigenvalue weighted by Crippen LogP contribution is 2.46. The van der Waals surface area contributed by atoms with Crippen molar-refractivity contribution in [3.8, 4) is 0 Å². The molecule has 1 N–H and O–H groups in total. The zero-order valence-electron chi connectivity index (χ0n) is 21.2. The standard InChI is InChI=1S/C28H37N2O2P/c1-9-29-25-15-21(11-13-23(25)19(3)17-27(29,5)6)33(31,32)22-12-14-24-20(4)18-28(7,8)30(10-2)26(24)16-22/h11-18H,9-10H2,1-8H3,(H,31,32).